The van der Waals surface area contributed by atoms with Crippen LogP contribution in [0.25, 0.3) is 0 Å². The summed E-state index contributed by atoms with van der Waals surface area (Å²) in [4.78, 5) is 11.8. The van der Waals surface area contributed by atoms with Gasteiger partial charge in [0.05, 0.1) is 7.11 Å². The Kier molecular flexibility index (Phi) is 3.78. The number of hydrogen-bond donors (Lipinski definition) is 0. The number of Topliss-reactive ketones (excluding diaryl/α,β-unsaturated/α-hetero) is 1. The molecule has 0 N–H and O–H groups in total. The van der Waals surface area contributed by atoms with Crippen LogP contribution in [0.4, 0.5) is 0 Å². The van der Waals surface area contributed by atoms with Gasteiger partial charge < -0.3 is 4.74 Å². The highest BCUT2D eigenvalue weighted by Crippen LogP contribution is 2.29. The molecule has 0 aromatic heterocycles. The third-order valence-electron chi connectivity index (χ3n) is 4.24. The van der Waals surface area contributed by atoms with Crippen LogP contribution >= 0.6 is 0 Å². The van der Waals surface area contributed by atoms with Crippen molar-refractivity contribution in [1.82, 2.24) is 0 Å². The number of hydrogen-bond acceptors (Lipinski definition) is 2. The van der Waals surface area contributed by atoms with Gasteiger partial charge in [0.2, 0.25) is 0 Å². The van der Waals surface area contributed by atoms with Crippen LogP contribution < -0.4 is 4.74 Å². The number of ether oxygens (including phenoxy) is 1. The van der Waals surface area contributed by atoms with E-state index in [0.29, 0.717) is 0 Å². The van der Waals surface area contributed by atoms with E-state index in [1.807, 2.05) is 12.1 Å². The summed E-state index contributed by atoms with van der Waals surface area (Å²) in [5.74, 6) is 1.08. The molecule has 0 heterocycles. The molecule has 0 spiro atoms. The lowest BCUT2D eigenvalue weighted by Gasteiger charge is -2.15. The molecule has 0 radical (unpaired) electrons. The molecule has 4 rings (SSSR count). The molecule has 0 aliphatic heterocycles. The Labute approximate surface area is 125 Å². The molecule has 2 aliphatic rings. The van der Waals surface area contributed by atoms with Gasteiger partial charge in [0.1, 0.15) is 5.75 Å². The zero-order valence-corrected chi connectivity index (χ0v) is 12.6. The Morgan fingerprint density at radius 1 is 0.905 bits per heavy atom. The highest BCUT2D eigenvalue weighted by atomic mass is 16.5. The van der Waals surface area contributed by atoms with Crippen LogP contribution in [0.1, 0.15) is 39.5 Å². The van der Waals surface area contributed by atoms with Crippen molar-refractivity contribution in [2.45, 2.75) is 32.6 Å². The van der Waals surface area contributed by atoms with E-state index in [0.717, 1.165) is 48.1 Å². The van der Waals surface area contributed by atoms with E-state index >= 15 is 0 Å². The molecular weight excluding hydrogens is 260 g/mol. The first kappa shape index (κ1) is 13.9. The van der Waals surface area contributed by atoms with E-state index in [1.165, 1.54) is 11.1 Å². The van der Waals surface area contributed by atoms with E-state index in [4.69, 9.17) is 4.74 Å². The Morgan fingerprint density at radius 3 is 1.76 bits per heavy atom. The van der Waals surface area contributed by atoms with Gasteiger partial charge in [-0.25, -0.2) is 0 Å². The van der Waals surface area contributed by atoms with Gasteiger partial charge in [0.15, 0.2) is 5.78 Å². The van der Waals surface area contributed by atoms with Crippen LogP contribution in [0.5, 0.6) is 5.75 Å². The predicted octanol–water partition coefficient (Wildman–Crippen LogP) is 3.78. The predicted molar refractivity (Wildman–Crippen MR) is 84.3 cm³/mol. The van der Waals surface area contributed by atoms with Crippen LogP contribution in [0.15, 0.2) is 36.4 Å². The molecule has 108 valence electrons. The van der Waals surface area contributed by atoms with Crippen LogP contribution in [-0.2, 0) is 25.7 Å². The lowest BCUT2D eigenvalue weighted by molar-refractivity contribution is 0.101. The van der Waals surface area contributed by atoms with Gasteiger partial charge in [-0.05, 0) is 67.0 Å². The lowest BCUT2D eigenvalue weighted by atomic mass is 9.96. The van der Waals surface area contributed by atoms with E-state index in [2.05, 4.69) is 24.3 Å². The average Bonchev–Trinajstić information content (AvgIpc) is 2.53. The largest absolute Gasteiger partial charge is 0.496 e. The van der Waals surface area contributed by atoms with Crippen LogP contribution in [0, 0.1) is 0 Å². The minimum absolute atomic E-state index is 0.120. The van der Waals surface area contributed by atoms with Gasteiger partial charge in [-0.3, -0.25) is 4.79 Å². The molecule has 0 saturated carbocycles. The molecule has 0 fully saturated rings. The second-order valence-electron chi connectivity index (χ2n) is 5.70. The van der Waals surface area contributed by atoms with Crippen LogP contribution in [0.3, 0.4) is 0 Å². The topological polar surface area (TPSA) is 26.3 Å². The summed E-state index contributed by atoms with van der Waals surface area (Å²) < 4.78 is 5.65. The number of methoxy groups -OCH3 is 1. The molecule has 0 amide bonds. The van der Waals surface area contributed by atoms with Gasteiger partial charge in [-0.1, -0.05) is 24.3 Å². The van der Waals surface area contributed by atoms with Crippen molar-refractivity contribution in [3.8, 4) is 5.75 Å². The van der Waals surface area contributed by atoms with Gasteiger partial charge in [0.25, 0.3) is 0 Å². The molecule has 2 aromatic carbocycles. The number of fused-ring (bicyclic) bond motifs is 4. The summed E-state index contributed by atoms with van der Waals surface area (Å²) in [6.45, 7) is 1.63. The molecule has 21 heavy (non-hydrogen) atoms. The zero-order valence-electron chi connectivity index (χ0n) is 12.6. The number of carbonyl (C=O) groups excluding carboxylic acids is 1. The van der Waals surface area contributed by atoms with Crippen molar-refractivity contribution >= 4 is 5.78 Å². The summed E-state index contributed by atoms with van der Waals surface area (Å²) in [5, 5.41) is 0. The molecule has 2 aliphatic carbocycles. The molecule has 2 aromatic rings. The van der Waals surface area contributed by atoms with E-state index < -0.39 is 0 Å². The Bertz CT molecular complexity index is 620. The minimum Gasteiger partial charge on any atom is -0.496 e. The summed E-state index contributed by atoms with van der Waals surface area (Å²) >= 11 is 0. The van der Waals surface area contributed by atoms with Crippen molar-refractivity contribution in [2.75, 3.05) is 7.11 Å². The van der Waals surface area contributed by atoms with E-state index in [1.54, 1.807) is 14.0 Å². The van der Waals surface area contributed by atoms with Crippen molar-refractivity contribution in [3.63, 3.8) is 0 Å². The highest BCUT2D eigenvalue weighted by molar-refractivity contribution is 5.94. The van der Waals surface area contributed by atoms with E-state index in [-0.39, 0.29) is 5.78 Å². The maximum Gasteiger partial charge on any atom is 0.159 e. The number of rotatable bonds is 2. The third-order valence-corrected chi connectivity index (χ3v) is 4.24. The Morgan fingerprint density at radius 2 is 1.38 bits per heavy atom. The molecule has 2 nitrogen and oxygen atoms in total. The van der Waals surface area contributed by atoms with Gasteiger partial charge >= 0.3 is 0 Å². The second-order valence-corrected chi connectivity index (χ2v) is 5.70. The summed E-state index contributed by atoms with van der Waals surface area (Å²) in [5.41, 5.74) is 5.74. The van der Waals surface area contributed by atoms with Crippen molar-refractivity contribution in [2.24, 2.45) is 0 Å². The lowest BCUT2D eigenvalue weighted by Crippen LogP contribution is -2.04. The SMILES string of the molecule is COc1c2cc(C(C)=O)cc1CCc1ccc(cc1)CC2. The van der Waals surface area contributed by atoms with Gasteiger partial charge in [-0.2, -0.15) is 0 Å². The quantitative estimate of drug-likeness (QED) is 0.782. The van der Waals surface area contributed by atoms with Crippen molar-refractivity contribution < 1.29 is 9.53 Å². The smallest absolute Gasteiger partial charge is 0.159 e. The number of aryl methyl sites for hydroxylation is 4. The fraction of sp³-hybridized carbons (Fsp3) is 0.316. The van der Waals surface area contributed by atoms with Crippen molar-refractivity contribution in [1.29, 1.82) is 0 Å². The normalized spacial score (nSPS) is 13.6. The monoisotopic (exact) mass is 280 g/mol. The minimum atomic E-state index is 0.120. The van der Waals surface area contributed by atoms with Crippen LogP contribution in [-0.4, -0.2) is 12.9 Å². The summed E-state index contributed by atoms with van der Waals surface area (Å²) in [6, 6.07) is 12.8. The first-order valence-electron chi connectivity index (χ1n) is 7.46. The first-order valence-corrected chi connectivity index (χ1v) is 7.46. The van der Waals surface area contributed by atoms with Gasteiger partial charge in [0, 0.05) is 5.56 Å². The fourth-order valence-electron chi connectivity index (χ4n) is 3.02. The van der Waals surface area contributed by atoms with Crippen LogP contribution in [0.2, 0.25) is 0 Å². The summed E-state index contributed by atoms with van der Waals surface area (Å²) in [7, 11) is 1.72. The molecule has 0 saturated heterocycles. The standard InChI is InChI=1S/C19H20O2/c1-13(20)18-11-16-9-7-14-3-4-15(6-5-14)8-10-17(12-18)19(16)21-2/h3-6,11-12H,7-10H2,1-2H3. The van der Waals surface area contributed by atoms with Crippen molar-refractivity contribution in [3.05, 3.63) is 64.2 Å². The molecule has 2 heteroatoms. The Hall–Kier alpha value is -2.09. The number of benzene rings is 2. The molecule has 0 atom stereocenters. The summed E-state index contributed by atoms with van der Waals surface area (Å²) in [6.07, 6.45) is 3.74. The van der Waals surface area contributed by atoms with Gasteiger partial charge in [-0.15, -0.1) is 0 Å². The molecule has 4 bridgehead atoms. The maximum absolute atomic E-state index is 11.8. The molecular formula is C19H20O2. The fourth-order valence-corrected chi connectivity index (χ4v) is 3.02. The van der Waals surface area contributed by atoms with E-state index in [9.17, 15) is 4.79 Å². The molecule has 0 unspecified atom stereocenters. The zero-order chi connectivity index (χ0) is 14.8. The number of carbonyl (C=O) groups is 1. The number of ketones is 1. The maximum atomic E-state index is 11.8. The third kappa shape index (κ3) is 2.85. The second kappa shape index (κ2) is 5.72. The highest BCUT2D eigenvalue weighted by Gasteiger charge is 2.15. The Balaban J connectivity index is 2.11. The average molecular weight is 280 g/mol. The first-order chi connectivity index (χ1) is 10.2.